The molecule has 3 rings (SSSR count). The van der Waals surface area contributed by atoms with Gasteiger partial charge in [-0.25, -0.2) is 0 Å². The first-order valence-corrected chi connectivity index (χ1v) is 8.67. The lowest BCUT2D eigenvalue weighted by atomic mass is 9.92. The molecule has 3 heteroatoms. The summed E-state index contributed by atoms with van der Waals surface area (Å²) in [6, 6.07) is 9.35. The van der Waals surface area contributed by atoms with Crippen LogP contribution in [0, 0.1) is 0 Å². The van der Waals surface area contributed by atoms with Crippen LogP contribution in [0.4, 0.5) is 0 Å². The van der Waals surface area contributed by atoms with Crippen molar-refractivity contribution in [1.82, 2.24) is 10.2 Å². The van der Waals surface area contributed by atoms with Crippen molar-refractivity contribution in [1.29, 1.82) is 0 Å². The molecule has 2 saturated heterocycles. The van der Waals surface area contributed by atoms with E-state index in [0.717, 1.165) is 25.6 Å². The molecule has 0 bridgehead atoms. The zero-order valence-corrected chi connectivity index (χ0v) is 12.4. The van der Waals surface area contributed by atoms with Crippen molar-refractivity contribution in [2.45, 2.75) is 25.3 Å². The Morgan fingerprint density at radius 2 is 1.95 bits per heavy atom. The molecule has 104 valence electrons. The fourth-order valence-corrected chi connectivity index (χ4v) is 4.21. The van der Waals surface area contributed by atoms with Crippen molar-refractivity contribution in [2.75, 3.05) is 37.7 Å². The molecule has 19 heavy (non-hydrogen) atoms. The third-order valence-corrected chi connectivity index (χ3v) is 5.31. The van der Waals surface area contributed by atoms with Gasteiger partial charge in [-0.2, -0.15) is 11.8 Å². The molecular weight excluding hydrogens is 252 g/mol. The summed E-state index contributed by atoms with van der Waals surface area (Å²) < 4.78 is 0. The van der Waals surface area contributed by atoms with Crippen LogP contribution in [0.15, 0.2) is 24.3 Å². The molecule has 0 spiro atoms. The molecule has 2 aliphatic heterocycles. The Kier molecular flexibility index (Phi) is 4.81. The normalized spacial score (nSPS) is 22.5. The number of hydrogen-bond donors (Lipinski definition) is 1. The zero-order chi connectivity index (χ0) is 12.9. The van der Waals surface area contributed by atoms with Gasteiger partial charge in [0.25, 0.3) is 0 Å². The predicted molar refractivity (Wildman–Crippen MR) is 83.9 cm³/mol. The number of piperazine rings is 1. The molecule has 2 fully saturated rings. The second-order valence-electron chi connectivity index (χ2n) is 5.66. The predicted octanol–water partition coefficient (Wildman–Crippen LogP) is 2.70. The van der Waals surface area contributed by atoms with E-state index in [4.69, 9.17) is 0 Å². The summed E-state index contributed by atoms with van der Waals surface area (Å²) in [5.41, 5.74) is 3.07. The highest BCUT2D eigenvalue weighted by atomic mass is 32.2. The van der Waals surface area contributed by atoms with E-state index in [2.05, 4.69) is 46.2 Å². The van der Waals surface area contributed by atoms with Crippen molar-refractivity contribution < 1.29 is 0 Å². The monoisotopic (exact) mass is 276 g/mol. The van der Waals surface area contributed by atoms with E-state index < -0.39 is 0 Å². The number of benzene rings is 1. The van der Waals surface area contributed by atoms with E-state index in [-0.39, 0.29) is 0 Å². The minimum absolute atomic E-state index is 0.809. The quantitative estimate of drug-likeness (QED) is 0.914. The third kappa shape index (κ3) is 3.74. The van der Waals surface area contributed by atoms with Crippen LogP contribution in [0.1, 0.15) is 29.9 Å². The molecule has 0 radical (unpaired) electrons. The van der Waals surface area contributed by atoms with E-state index in [1.165, 1.54) is 43.0 Å². The number of rotatable bonds is 3. The molecule has 2 aliphatic rings. The van der Waals surface area contributed by atoms with Gasteiger partial charge in [0.2, 0.25) is 0 Å². The van der Waals surface area contributed by atoms with Gasteiger partial charge in [0.05, 0.1) is 0 Å². The van der Waals surface area contributed by atoms with E-state index in [1.807, 2.05) is 0 Å². The summed E-state index contributed by atoms with van der Waals surface area (Å²) in [5.74, 6) is 3.49. The Morgan fingerprint density at radius 1 is 1.16 bits per heavy atom. The molecule has 0 atom stereocenters. The topological polar surface area (TPSA) is 15.3 Å². The Hall–Kier alpha value is -0.510. The van der Waals surface area contributed by atoms with Crippen molar-refractivity contribution in [3.63, 3.8) is 0 Å². The van der Waals surface area contributed by atoms with Crippen LogP contribution in [0.5, 0.6) is 0 Å². The largest absolute Gasteiger partial charge is 0.314 e. The first kappa shape index (κ1) is 13.5. The van der Waals surface area contributed by atoms with Crippen molar-refractivity contribution in [3.05, 3.63) is 35.4 Å². The van der Waals surface area contributed by atoms with Crippen molar-refractivity contribution in [2.24, 2.45) is 0 Å². The fraction of sp³-hybridized carbons (Fsp3) is 0.625. The van der Waals surface area contributed by atoms with Gasteiger partial charge in [-0.15, -0.1) is 0 Å². The van der Waals surface area contributed by atoms with Gasteiger partial charge in [0.1, 0.15) is 0 Å². The molecular formula is C16H24N2S. The van der Waals surface area contributed by atoms with Gasteiger partial charge < -0.3 is 5.32 Å². The third-order valence-electron chi connectivity index (χ3n) is 4.26. The van der Waals surface area contributed by atoms with E-state index >= 15 is 0 Å². The average molecular weight is 276 g/mol. The maximum Gasteiger partial charge on any atom is 0.0234 e. The Bertz CT molecular complexity index is 395. The minimum Gasteiger partial charge on any atom is -0.314 e. The summed E-state index contributed by atoms with van der Waals surface area (Å²) in [4.78, 5) is 2.56. The lowest BCUT2D eigenvalue weighted by Gasteiger charge is -2.28. The molecule has 2 nitrogen and oxygen atoms in total. The molecule has 0 aliphatic carbocycles. The molecule has 0 amide bonds. The first-order valence-electron chi connectivity index (χ1n) is 7.51. The van der Waals surface area contributed by atoms with Gasteiger partial charge in [-0.05, 0) is 41.4 Å². The van der Waals surface area contributed by atoms with E-state index in [0.29, 0.717) is 0 Å². The molecule has 1 aromatic carbocycles. The highest BCUT2D eigenvalue weighted by Gasteiger charge is 2.16. The SMILES string of the molecule is c1cc(CN2CCNCC2)cc(C2CCSCC2)c1. The second-order valence-corrected chi connectivity index (χ2v) is 6.88. The Morgan fingerprint density at radius 3 is 2.74 bits per heavy atom. The first-order chi connectivity index (χ1) is 9.42. The molecule has 0 unspecified atom stereocenters. The van der Waals surface area contributed by atoms with Gasteiger partial charge in [-0.1, -0.05) is 24.3 Å². The highest BCUT2D eigenvalue weighted by Crippen LogP contribution is 2.31. The molecule has 2 heterocycles. The average Bonchev–Trinajstić information content (AvgIpc) is 2.49. The molecule has 1 aromatic rings. The summed E-state index contributed by atoms with van der Waals surface area (Å²) in [7, 11) is 0. The Balaban J connectivity index is 1.64. The van der Waals surface area contributed by atoms with Crippen molar-refractivity contribution in [3.8, 4) is 0 Å². The van der Waals surface area contributed by atoms with Gasteiger partial charge in [-0.3, -0.25) is 4.90 Å². The van der Waals surface area contributed by atoms with Gasteiger partial charge in [0.15, 0.2) is 0 Å². The number of thioether (sulfide) groups is 1. The lowest BCUT2D eigenvalue weighted by Crippen LogP contribution is -2.42. The van der Waals surface area contributed by atoms with Gasteiger partial charge >= 0.3 is 0 Å². The van der Waals surface area contributed by atoms with Crippen LogP contribution in [0.2, 0.25) is 0 Å². The second kappa shape index (κ2) is 6.78. The van der Waals surface area contributed by atoms with Crippen LogP contribution in [-0.4, -0.2) is 42.6 Å². The lowest BCUT2D eigenvalue weighted by molar-refractivity contribution is 0.233. The molecule has 0 aromatic heterocycles. The summed E-state index contributed by atoms with van der Waals surface area (Å²) in [6.07, 6.45) is 2.73. The number of nitrogens with one attached hydrogen (secondary N) is 1. The van der Waals surface area contributed by atoms with Crippen LogP contribution >= 0.6 is 11.8 Å². The zero-order valence-electron chi connectivity index (χ0n) is 11.6. The van der Waals surface area contributed by atoms with Crippen LogP contribution in [-0.2, 0) is 6.54 Å². The van der Waals surface area contributed by atoms with E-state index in [9.17, 15) is 0 Å². The van der Waals surface area contributed by atoms with Crippen LogP contribution in [0.25, 0.3) is 0 Å². The highest BCUT2D eigenvalue weighted by molar-refractivity contribution is 7.99. The van der Waals surface area contributed by atoms with Crippen molar-refractivity contribution >= 4 is 11.8 Å². The van der Waals surface area contributed by atoms with Gasteiger partial charge in [0, 0.05) is 32.7 Å². The summed E-state index contributed by atoms with van der Waals surface area (Å²) >= 11 is 2.11. The number of hydrogen-bond acceptors (Lipinski definition) is 3. The summed E-state index contributed by atoms with van der Waals surface area (Å²) in [5, 5.41) is 3.42. The molecule has 1 N–H and O–H groups in total. The maximum absolute atomic E-state index is 3.42. The Labute approximate surface area is 121 Å². The fourth-order valence-electron chi connectivity index (χ4n) is 3.10. The number of nitrogens with zero attached hydrogens (tertiary/aromatic N) is 1. The minimum atomic E-state index is 0.809. The van der Waals surface area contributed by atoms with E-state index in [1.54, 1.807) is 5.56 Å². The smallest absolute Gasteiger partial charge is 0.0234 e. The maximum atomic E-state index is 3.42. The van der Waals surface area contributed by atoms with Crippen LogP contribution in [0.3, 0.4) is 0 Å². The molecule has 0 saturated carbocycles. The summed E-state index contributed by atoms with van der Waals surface area (Å²) in [6.45, 7) is 5.77. The standard InChI is InChI=1S/C16H24N2S/c1-2-14(13-18-8-6-17-7-9-18)12-16(3-1)15-4-10-19-11-5-15/h1-3,12,15,17H,4-11,13H2. The van der Waals surface area contributed by atoms with Crippen LogP contribution < -0.4 is 5.32 Å².